The summed E-state index contributed by atoms with van der Waals surface area (Å²) in [4.78, 5) is 10.3. The molecule has 0 bridgehead atoms. The zero-order valence-electron chi connectivity index (χ0n) is 9.21. The minimum atomic E-state index is 0.299. The molecule has 0 spiro atoms. The molecule has 0 aliphatic heterocycles. The molecule has 0 fully saturated rings. The molecule has 3 N–H and O–H groups in total. The van der Waals surface area contributed by atoms with Crippen LogP contribution in [-0.4, -0.2) is 21.4 Å². The second-order valence-electron chi connectivity index (χ2n) is 3.54. The van der Waals surface area contributed by atoms with Gasteiger partial charge in [-0.3, -0.25) is 4.79 Å². The van der Waals surface area contributed by atoms with Gasteiger partial charge in [0.1, 0.15) is 0 Å². The zero-order chi connectivity index (χ0) is 12.1. The molecule has 0 saturated carbocycles. The molecule has 1 heterocycles. The van der Waals surface area contributed by atoms with Gasteiger partial charge in [0.15, 0.2) is 11.6 Å². The van der Waals surface area contributed by atoms with Crippen LogP contribution in [0.3, 0.4) is 0 Å². The van der Waals surface area contributed by atoms with Crippen molar-refractivity contribution in [2.75, 3.05) is 11.1 Å². The third-order valence-electron chi connectivity index (χ3n) is 2.42. The van der Waals surface area contributed by atoms with Crippen molar-refractivity contribution in [3.63, 3.8) is 0 Å². The van der Waals surface area contributed by atoms with E-state index in [-0.39, 0.29) is 0 Å². The Balaban J connectivity index is 2.02. The number of rotatable bonds is 5. The number of anilines is 2. The highest BCUT2D eigenvalue weighted by Crippen LogP contribution is 2.13. The number of nitrogens with one attached hydrogen (secondary N) is 1. The number of carbonyl (C=O) groups is 1. The third-order valence-corrected chi connectivity index (χ3v) is 2.42. The van der Waals surface area contributed by atoms with Crippen LogP contribution in [-0.2, 0) is 17.8 Å². The van der Waals surface area contributed by atoms with Gasteiger partial charge in [-0.15, -0.1) is 5.10 Å². The summed E-state index contributed by atoms with van der Waals surface area (Å²) in [6, 6.07) is 10.0. The van der Waals surface area contributed by atoms with Gasteiger partial charge in [0.05, 0.1) is 0 Å². The highest BCUT2D eigenvalue weighted by atomic mass is 16.1. The molecule has 0 aliphatic carbocycles. The monoisotopic (exact) mass is 231 g/mol. The van der Waals surface area contributed by atoms with E-state index >= 15 is 0 Å². The molecule has 0 unspecified atom stereocenters. The SMILES string of the molecule is Nc1c(NC=O)nnn1CCc1ccccc1. The summed E-state index contributed by atoms with van der Waals surface area (Å²) in [5.41, 5.74) is 6.97. The van der Waals surface area contributed by atoms with Crippen LogP contribution in [0.25, 0.3) is 0 Å². The smallest absolute Gasteiger partial charge is 0.212 e. The molecule has 1 amide bonds. The minimum Gasteiger partial charge on any atom is -0.381 e. The molecule has 88 valence electrons. The van der Waals surface area contributed by atoms with Crippen LogP contribution < -0.4 is 11.1 Å². The van der Waals surface area contributed by atoms with Crippen molar-refractivity contribution < 1.29 is 4.79 Å². The number of nitrogen functional groups attached to an aromatic ring is 1. The molecule has 6 nitrogen and oxygen atoms in total. The standard InChI is InChI=1S/C11H13N5O/c12-10-11(13-8-17)14-15-16(10)7-6-9-4-2-1-3-5-9/h1-5,8H,6-7,12H2,(H,13,17). The van der Waals surface area contributed by atoms with E-state index in [9.17, 15) is 4.79 Å². The van der Waals surface area contributed by atoms with Crippen molar-refractivity contribution in [3.05, 3.63) is 35.9 Å². The van der Waals surface area contributed by atoms with Gasteiger partial charge >= 0.3 is 0 Å². The van der Waals surface area contributed by atoms with Gasteiger partial charge in [-0.2, -0.15) is 0 Å². The molecule has 1 aromatic carbocycles. The summed E-state index contributed by atoms with van der Waals surface area (Å²) >= 11 is 0. The third kappa shape index (κ3) is 2.60. The molecule has 6 heteroatoms. The van der Waals surface area contributed by atoms with Crippen LogP contribution in [0.15, 0.2) is 30.3 Å². The number of hydrogen-bond donors (Lipinski definition) is 2. The predicted octanol–water partition coefficient (Wildman–Crippen LogP) is 0.671. The summed E-state index contributed by atoms with van der Waals surface area (Å²) < 4.78 is 1.57. The first-order valence-corrected chi connectivity index (χ1v) is 5.24. The Morgan fingerprint density at radius 3 is 2.82 bits per heavy atom. The van der Waals surface area contributed by atoms with E-state index in [0.717, 1.165) is 6.42 Å². The number of hydrogen-bond acceptors (Lipinski definition) is 4. The molecule has 2 rings (SSSR count). The maximum absolute atomic E-state index is 10.3. The first kappa shape index (κ1) is 11.1. The van der Waals surface area contributed by atoms with Gasteiger partial charge in [-0.1, -0.05) is 35.5 Å². The lowest BCUT2D eigenvalue weighted by Gasteiger charge is -2.03. The van der Waals surface area contributed by atoms with Gasteiger partial charge in [0, 0.05) is 6.54 Å². The molecule has 0 radical (unpaired) electrons. The number of benzene rings is 1. The number of carbonyl (C=O) groups excluding carboxylic acids is 1. The van der Waals surface area contributed by atoms with E-state index in [1.54, 1.807) is 4.68 Å². The van der Waals surface area contributed by atoms with Crippen molar-refractivity contribution in [2.45, 2.75) is 13.0 Å². The van der Waals surface area contributed by atoms with Crippen molar-refractivity contribution in [3.8, 4) is 0 Å². The lowest BCUT2D eigenvalue weighted by atomic mass is 10.1. The molecule has 1 aromatic heterocycles. The number of nitrogens with two attached hydrogens (primary N) is 1. The zero-order valence-corrected chi connectivity index (χ0v) is 9.21. The Morgan fingerprint density at radius 2 is 2.12 bits per heavy atom. The number of amides is 1. The van der Waals surface area contributed by atoms with Crippen molar-refractivity contribution in [2.24, 2.45) is 0 Å². The summed E-state index contributed by atoms with van der Waals surface area (Å²) in [5, 5.41) is 10.0. The van der Waals surface area contributed by atoms with E-state index in [1.807, 2.05) is 30.3 Å². The lowest BCUT2D eigenvalue weighted by molar-refractivity contribution is -0.105. The van der Waals surface area contributed by atoms with Crippen LogP contribution in [0, 0.1) is 0 Å². The van der Waals surface area contributed by atoms with Gasteiger partial charge in [-0.05, 0) is 12.0 Å². The van der Waals surface area contributed by atoms with Crippen molar-refractivity contribution >= 4 is 18.0 Å². The highest BCUT2D eigenvalue weighted by Gasteiger charge is 2.08. The predicted molar refractivity (Wildman–Crippen MR) is 64.3 cm³/mol. The molecule has 0 saturated heterocycles. The second-order valence-corrected chi connectivity index (χ2v) is 3.54. The van der Waals surface area contributed by atoms with Crippen molar-refractivity contribution in [1.82, 2.24) is 15.0 Å². The van der Waals surface area contributed by atoms with Crippen LogP contribution >= 0.6 is 0 Å². The lowest BCUT2D eigenvalue weighted by Crippen LogP contribution is -2.08. The number of nitrogens with zero attached hydrogens (tertiary/aromatic N) is 3. The Kier molecular flexibility index (Phi) is 3.34. The molecule has 2 aromatic rings. The van der Waals surface area contributed by atoms with Crippen molar-refractivity contribution in [1.29, 1.82) is 0 Å². The van der Waals surface area contributed by atoms with E-state index in [0.29, 0.717) is 24.6 Å². The summed E-state index contributed by atoms with van der Waals surface area (Å²) in [6.07, 6.45) is 1.34. The molecular formula is C11H13N5O. The molecule has 0 atom stereocenters. The first-order chi connectivity index (χ1) is 8.31. The maximum atomic E-state index is 10.3. The summed E-state index contributed by atoms with van der Waals surface area (Å²) in [5.74, 6) is 0.668. The fraction of sp³-hybridized carbons (Fsp3) is 0.182. The van der Waals surface area contributed by atoms with Crippen LogP contribution in [0.2, 0.25) is 0 Å². The van der Waals surface area contributed by atoms with Gasteiger partial charge in [-0.25, -0.2) is 4.68 Å². The maximum Gasteiger partial charge on any atom is 0.212 e. The quantitative estimate of drug-likeness (QED) is 0.740. The normalized spacial score (nSPS) is 10.1. The topological polar surface area (TPSA) is 85.8 Å². The summed E-state index contributed by atoms with van der Waals surface area (Å²) in [7, 11) is 0. The first-order valence-electron chi connectivity index (χ1n) is 5.24. The molecule has 17 heavy (non-hydrogen) atoms. The van der Waals surface area contributed by atoms with E-state index in [4.69, 9.17) is 5.73 Å². The largest absolute Gasteiger partial charge is 0.381 e. The van der Waals surface area contributed by atoms with Crippen LogP contribution in [0.1, 0.15) is 5.56 Å². The molecule has 0 aliphatic rings. The fourth-order valence-corrected chi connectivity index (χ4v) is 1.52. The Morgan fingerprint density at radius 1 is 1.35 bits per heavy atom. The summed E-state index contributed by atoms with van der Waals surface area (Å²) in [6.45, 7) is 0.628. The number of aromatic nitrogens is 3. The highest BCUT2D eigenvalue weighted by molar-refractivity contribution is 5.74. The Labute approximate surface area is 98.4 Å². The van der Waals surface area contributed by atoms with Gasteiger partial charge < -0.3 is 11.1 Å². The fourth-order valence-electron chi connectivity index (χ4n) is 1.52. The van der Waals surface area contributed by atoms with Gasteiger partial charge in [0.25, 0.3) is 0 Å². The second kappa shape index (κ2) is 5.11. The van der Waals surface area contributed by atoms with Crippen LogP contribution in [0.5, 0.6) is 0 Å². The van der Waals surface area contributed by atoms with E-state index in [1.165, 1.54) is 5.56 Å². The number of aryl methyl sites for hydroxylation is 2. The van der Waals surface area contributed by atoms with Gasteiger partial charge in [0.2, 0.25) is 6.41 Å². The Bertz CT molecular complexity index is 494. The molecular weight excluding hydrogens is 218 g/mol. The minimum absolute atomic E-state index is 0.299. The average Bonchev–Trinajstić information content (AvgIpc) is 2.70. The average molecular weight is 231 g/mol. The van der Waals surface area contributed by atoms with E-state index in [2.05, 4.69) is 15.6 Å². The Hall–Kier alpha value is -2.37. The van der Waals surface area contributed by atoms with Crippen LogP contribution in [0.4, 0.5) is 11.6 Å². The van der Waals surface area contributed by atoms with E-state index < -0.39 is 0 Å².